The molecule has 1 aromatic heterocycles. The van der Waals surface area contributed by atoms with E-state index in [-0.39, 0.29) is 0 Å². The Morgan fingerprint density at radius 2 is 2.21 bits per heavy atom. The molecule has 0 spiro atoms. The standard InChI is InChI=1S/C10H11N3S/c1-6-7-4-5-12-9(7)3-2-8(6)13-10(11)14/h2-5,12H,1H3,(H3,11,13,14). The Labute approximate surface area is 87.3 Å². The topological polar surface area (TPSA) is 53.8 Å². The zero-order valence-corrected chi connectivity index (χ0v) is 8.61. The fraction of sp³-hybridized carbons (Fsp3) is 0.100. The molecule has 1 heterocycles. The first kappa shape index (κ1) is 9.02. The maximum Gasteiger partial charge on any atom is 0.168 e. The van der Waals surface area contributed by atoms with Crippen LogP contribution in [0.3, 0.4) is 0 Å². The average Bonchev–Trinajstić information content (AvgIpc) is 2.57. The van der Waals surface area contributed by atoms with Crippen molar-refractivity contribution < 1.29 is 0 Å². The molecule has 0 amide bonds. The van der Waals surface area contributed by atoms with E-state index in [0.29, 0.717) is 5.11 Å². The van der Waals surface area contributed by atoms with Crippen LogP contribution in [0.5, 0.6) is 0 Å². The highest BCUT2D eigenvalue weighted by Gasteiger charge is 2.03. The van der Waals surface area contributed by atoms with Gasteiger partial charge in [-0.25, -0.2) is 0 Å². The molecule has 1 aromatic carbocycles. The predicted molar refractivity (Wildman–Crippen MR) is 63.4 cm³/mol. The molecular formula is C10H11N3S. The Kier molecular flexibility index (Phi) is 2.13. The van der Waals surface area contributed by atoms with E-state index >= 15 is 0 Å². The van der Waals surface area contributed by atoms with Crippen LogP contribution in [0.25, 0.3) is 10.9 Å². The Balaban J connectivity index is 2.56. The van der Waals surface area contributed by atoms with Crippen LogP contribution in [0.4, 0.5) is 5.69 Å². The second-order valence-electron chi connectivity index (χ2n) is 3.17. The van der Waals surface area contributed by atoms with E-state index in [4.69, 9.17) is 18.0 Å². The third-order valence-corrected chi connectivity index (χ3v) is 2.36. The number of hydrogen-bond acceptors (Lipinski definition) is 1. The number of fused-ring (bicyclic) bond motifs is 1. The van der Waals surface area contributed by atoms with Crippen LogP contribution < -0.4 is 11.1 Å². The lowest BCUT2D eigenvalue weighted by molar-refractivity contribution is 1.46. The summed E-state index contributed by atoms with van der Waals surface area (Å²) in [5, 5.41) is 4.43. The van der Waals surface area contributed by atoms with Gasteiger partial charge in [-0.05, 0) is 42.9 Å². The summed E-state index contributed by atoms with van der Waals surface area (Å²) in [6.45, 7) is 2.04. The van der Waals surface area contributed by atoms with Gasteiger partial charge in [0.25, 0.3) is 0 Å². The van der Waals surface area contributed by atoms with E-state index in [1.165, 1.54) is 5.39 Å². The van der Waals surface area contributed by atoms with Crippen LogP contribution in [0.15, 0.2) is 24.4 Å². The first-order valence-corrected chi connectivity index (χ1v) is 4.72. The minimum atomic E-state index is 0.294. The second kappa shape index (κ2) is 3.31. The van der Waals surface area contributed by atoms with Gasteiger partial charge in [-0.2, -0.15) is 0 Å². The van der Waals surface area contributed by atoms with Crippen molar-refractivity contribution in [1.29, 1.82) is 0 Å². The molecule has 4 N–H and O–H groups in total. The number of aromatic nitrogens is 1. The summed E-state index contributed by atoms with van der Waals surface area (Å²) in [5.41, 5.74) is 8.66. The molecule has 2 aromatic rings. The Hall–Kier alpha value is -1.55. The van der Waals surface area contributed by atoms with Gasteiger partial charge in [0, 0.05) is 22.8 Å². The molecule has 0 radical (unpaired) electrons. The smallest absolute Gasteiger partial charge is 0.168 e. The molecule has 14 heavy (non-hydrogen) atoms. The summed E-state index contributed by atoms with van der Waals surface area (Å²) >= 11 is 4.80. The number of hydrogen-bond donors (Lipinski definition) is 3. The first-order valence-electron chi connectivity index (χ1n) is 4.31. The fourth-order valence-electron chi connectivity index (χ4n) is 1.55. The van der Waals surface area contributed by atoms with Crippen LogP contribution in [-0.2, 0) is 0 Å². The van der Waals surface area contributed by atoms with E-state index in [9.17, 15) is 0 Å². The number of aromatic amines is 1. The first-order chi connectivity index (χ1) is 6.68. The van der Waals surface area contributed by atoms with Crippen molar-refractivity contribution in [2.45, 2.75) is 6.92 Å². The fourth-order valence-corrected chi connectivity index (χ4v) is 1.66. The zero-order chi connectivity index (χ0) is 10.1. The lowest BCUT2D eigenvalue weighted by Crippen LogP contribution is -2.19. The number of rotatable bonds is 1. The van der Waals surface area contributed by atoms with E-state index in [2.05, 4.69) is 10.3 Å². The maximum atomic E-state index is 5.43. The monoisotopic (exact) mass is 205 g/mol. The van der Waals surface area contributed by atoms with E-state index in [1.54, 1.807) is 0 Å². The molecular weight excluding hydrogens is 194 g/mol. The van der Waals surface area contributed by atoms with Crippen molar-refractivity contribution in [3.05, 3.63) is 30.0 Å². The van der Waals surface area contributed by atoms with E-state index in [0.717, 1.165) is 16.8 Å². The minimum Gasteiger partial charge on any atom is -0.376 e. The number of thiocarbonyl (C=S) groups is 1. The molecule has 0 atom stereocenters. The quantitative estimate of drug-likeness (QED) is 0.625. The third kappa shape index (κ3) is 1.44. The molecule has 3 nitrogen and oxygen atoms in total. The molecule has 0 aliphatic carbocycles. The number of nitrogens with two attached hydrogens (primary N) is 1. The number of benzene rings is 1. The largest absolute Gasteiger partial charge is 0.376 e. The normalized spacial score (nSPS) is 10.4. The van der Waals surface area contributed by atoms with Crippen LogP contribution in [-0.4, -0.2) is 10.1 Å². The van der Waals surface area contributed by atoms with Crippen molar-refractivity contribution in [2.75, 3.05) is 5.32 Å². The van der Waals surface area contributed by atoms with Crippen LogP contribution in [0, 0.1) is 6.92 Å². The van der Waals surface area contributed by atoms with Crippen molar-refractivity contribution in [3.63, 3.8) is 0 Å². The Morgan fingerprint density at radius 3 is 2.93 bits per heavy atom. The zero-order valence-electron chi connectivity index (χ0n) is 7.79. The highest BCUT2D eigenvalue weighted by Crippen LogP contribution is 2.24. The van der Waals surface area contributed by atoms with Gasteiger partial charge in [0.1, 0.15) is 0 Å². The van der Waals surface area contributed by atoms with Crippen LogP contribution in [0.2, 0.25) is 0 Å². The molecule has 2 rings (SSSR count). The molecule has 0 aliphatic heterocycles. The van der Waals surface area contributed by atoms with Gasteiger partial charge in [-0.3, -0.25) is 0 Å². The highest BCUT2D eigenvalue weighted by atomic mass is 32.1. The summed E-state index contributed by atoms with van der Waals surface area (Å²) in [6.07, 6.45) is 1.92. The van der Waals surface area contributed by atoms with Gasteiger partial charge in [0.2, 0.25) is 0 Å². The third-order valence-electron chi connectivity index (χ3n) is 2.26. The molecule has 0 saturated heterocycles. The van der Waals surface area contributed by atoms with Crippen molar-refractivity contribution in [3.8, 4) is 0 Å². The second-order valence-corrected chi connectivity index (χ2v) is 3.61. The Bertz CT molecular complexity index is 487. The van der Waals surface area contributed by atoms with Gasteiger partial charge in [-0.1, -0.05) is 0 Å². The molecule has 4 heteroatoms. The average molecular weight is 205 g/mol. The molecule has 0 aliphatic rings. The summed E-state index contributed by atoms with van der Waals surface area (Å²) in [4.78, 5) is 3.15. The molecule has 0 unspecified atom stereocenters. The van der Waals surface area contributed by atoms with Crippen molar-refractivity contribution >= 4 is 33.9 Å². The number of H-pyrrole nitrogens is 1. The summed E-state index contributed by atoms with van der Waals surface area (Å²) in [5.74, 6) is 0. The summed E-state index contributed by atoms with van der Waals surface area (Å²) in [7, 11) is 0. The van der Waals surface area contributed by atoms with Crippen LogP contribution in [0.1, 0.15) is 5.56 Å². The molecule has 0 saturated carbocycles. The number of nitrogens with one attached hydrogen (secondary N) is 2. The van der Waals surface area contributed by atoms with Gasteiger partial charge >= 0.3 is 0 Å². The molecule has 72 valence electrons. The van der Waals surface area contributed by atoms with Gasteiger partial charge < -0.3 is 16.0 Å². The lowest BCUT2D eigenvalue weighted by Gasteiger charge is -2.08. The number of aryl methyl sites for hydroxylation is 1. The van der Waals surface area contributed by atoms with E-state index in [1.807, 2.05) is 31.3 Å². The van der Waals surface area contributed by atoms with Gasteiger partial charge in [0.15, 0.2) is 5.11 Å². The van der Waals surface area contributed by atoms with Crippen molar-refractivity contribution in [1.82, 2.24) is 4.98 Å². The van der Waals surface area contributed by atoms with Gasteiger partial charge in [0.05, 0.1) is 0 Å². The number of anilines is 1. The van der Waals surface area contributed by atoms with E-state index < -0.39 is 0 Å². The van der Waals surface area contributed by atoms with Gasteiger partial charge in [-0.15, -0.1) is 0 Å². The maximum absolute atomic E-state index is 5.43. The summed E-state index contributed by atoms with van der Waals surface area (Å²) < 4.78 is 0. The van der Waals surface area contributed by atoms with Crippen molar-refractivity contribution in [2.24, 2.45) is 5.73 Å². The Morgan fingerprint density at radius 1 is 1.43 bits per heavy atom. The molecule has 0 bridgehead atoms. The minimum absolute atomic E-state index is 0.294. The molecule has 0 fully saturated rings. The van der Waals surface area contributed by atoms with Crippen LogP contribution >= 0.6 is 12.2 Å². The summed E-state index contributed by atoms with van der Waals surface area (Å²) in [6, 6.07) is 6.01. The lowest BCUT2D eigenvalue weighted by atomic mass is 10.1. The highest BCUT2D eigenvalue weighted by molar-refractivity contribution is 7.80. The SMILES string of the molecule is Cc1c(NC(N)=S)ccc2[nH]ccc12. The predicted octanol–water partition coefficient (Wildman–Crippen LogP) is 2.13.